The van der Waals surface area contributed by atoms with Crippen LogP contribution in [0, 0.1) is 5.92 Å². The van der Waals surface area contributed by atoms with Gasteiger partial charge in [-0.15, -0.1) is 0 Å². The van der Waals surface area contributed by atoms with Crippen molar-refractivity contribution in [1.29, 1.82) is 0 Å². The SMILES string of the molecule is CN(CC1CCC1)C(=O)c1ccc(NN)c(C(F)(F)F)c1. The maximum Gasteiger partial charge on any atom is 0.418 e. The fourth-order valence-corrected chi connectivity index (χ4v) is 2.40. The van der Waals surface area contributed by atoms with E-state index in [0.29, 0.717) is 12.5 Å². The number of hydrogen-bond donors (Lipinski definition) is 2. The largest absolute Gasteiger partial charge is 0.418 e. The first-order valence-corrected chi connectivity index (χ1v) is 6.76. The molecule has 0 bridgehead atoms. The normalized spacial score (nSPS) is 15.5. The number of benzene rings is 1. The van der Waals surface area contributed by atoms with E-state index < -0.39 is 17.6 Å². The molecule has 0 heterocycles. The van der Waals surface area contributed by atoms with Crippen LogP contribution in [-0.4, -0.2) is 24.4 Å². The number of carbonyl (C=O) groups is 1. The number of nitrogens with zero attached hydrogens (tertiary/aromatic N) is 1. The summed E-state index contributed by atoms with van der Waals surface area (Å²) in [6.07, 6.45) is -1.27. The second-order valence-electron chi connectivity index (χ2n) is 5.39. The van der Waals surface area contributed by atoms with Gasteiger partial charge in [0.2, 0.25) is 0 Å². The number of alkyl halides is 3. The summed E-state index contributed by atoms with van der Waals surface area (Å²) in [6.45, 7) is 0.580. The smallest absolute Gasteiger partial charge is 0.341 e. The highest BCUT2D eigenvalue weighted by Gasteiger charge is 2.34. The first-order chi connectivity index (χ1) is 9.82. The maximum absolute atomic E-state index is 12.9. The first kappa shape index (κ1) is 15.6. The van der Waals surface area contributed by atoms with Crippen LogP contribution in [0.15, 0.2) is 18.2 Å². The predicted molar refractivity (Wildman–Crippen MR) is 73.6 cm³/mol. The number of rotatable bonds is 4. The Hall–Kier alpha value is -1.76. The van der Waals surface area contributed by atoms with E-state index in [1.165, 1.54) is 17.0 Å². The molecular weight excluding hydrogens is 283 g/mol. The molecule has 2 rings (SSSR count). The summed E-state index contributed by atoms with van der Waals surface area (Å²) >= 11 is 0. The molecule has 21 heavy (non-hydrogen) atoms. The summed E-state index contributed by atoms with van der Waals surface area (Å²) in [7, 11) is 1.61. The van der Waals surface area contributed by atoms with Gasteiger partial charge in [0, 0.05) is 19.2 Å². The van der Waals surface area contributed by atoms with Crippen molar-refractivity contribution in [3.63, 3.8) is 0 Å². The number of hydrazine groups is 1. The van der Waals surface area contributed by atoms with Gasteiger partial charge in [-0.05, 0) is 37.0 Å². The van der Waals surface area contributed by atoms with E-state index in [1.54, 1.807) is 7.05 Å². The van der Waals surface area contributed by atoms with Crippen molar-refractivity contribution in [2.24, 2.45) is 11.8 Å². The average Bonchev–Trinajstić information content (AvgIpc) is 2.40. The van der Waals surface area contributed by atoms with Crippen molar-refractivity contribution in [2.75, 3.05) is 19.0 Å². The van der Waals surface area contributed by atoms with E-state index in [-0.39, 0.29) is 11.3 Å². The number of halogens is 3. The number of nitrogens with one attached hydrogen (secondary N) is 1. The standard InChI is InChI=1S/C14H18F3N3O/c1-20(8-9-3-2-4-9)13(21)10-5-6-12(19-18)11(7-10)14(15,16)17/h5-7,9,19H,2-4,8,18H2,1H3. The second-order valence-corrected chi connectivity index (χ2v) is 5.39. The van der Waals surface area contributed by atoms with Crippen molar-refractivity contribution in [3.05, 3.63) is 29.3 Å². The van der Waals surface area contributed by atoms with E-state index in [2.05, 4.69) is 0 Å². The molecular formula is C14H18F3N3O. The molecule has 1 aromatic carbocycles. The predicted octanol–water partition coefficient (Wildman–Crippen LogP) is 2.86. The van der Waals surface area contributed by atoms with Crippen molar-refractivity contribution >= 4 is 11.6 Å². The van der Waals surface area contributed by atoms with Gasteiger partial charge in [0.25, 0.3) is 5.91 Å². The van der Waals surface area contributed by atoms with E-state index in [1.807, 2.05) is 5.43 Å². The van der Waals surface area contributed by atoms with Gasteiger partial charge < -0.3 is 10.3 Å². The third kappa shape index (κ3) is 3.47. The summed E-state index contributed by atoms with van der Waals surface area (Å²) in [6, 6.07) is 3.37. The van der Waals surface area contributed by atoms with Crippen LogP contribution in [0.5, 0.6) is 0 Å². The van der Waals surface area contributed by atoms with Crippen LogP contribution in [-0.2, 0) is 6.18 Å². The summed E-state index contributed by atoms with van der Waals surface area (Å²) in [4.78, 5) is 13.7. The van der Waals surface area contributed by atoms with Gasteiger partial charge in [0.05, 0.1) is 11.3 Å². The van der Waals surface area contributed by atoms with E-state index >= 15 is 0 Å². The van der Waals surface area contributed by atoms with Crippen LogP contribution in [0.25, 0.3) is 0 Å². The number of amides is 1. The van der Waals surface area contributed by atoms with E-state index in [9.17, 15) is 18.0 Å². The zero-order valence-corrected chi connectivity index (χ0v) is 11.7. The maximum atomic E-state index is 12.9. The third-order valence-electron chi connectivity index (χ3n) is 3.83. The molecule has 0 saturated heterocycles. The molecule has 116 valence electrons. The average molecular weight is 301 g/mol. The lowest BCUT2D eigenvalue weighted by atomic mass is 9.85. The molecule has 1 aromatic rings. The molecule has 1 saturated carbocycles. The van der Waals surface area contributed by atoms with Gasteiger partial charge in [-0.1, -0.05) is 6.42 Å². The molecule has 0 atom stereocenters. The van der Waals surface area contributed by atoms with Crippen LogP contribution >= 0.6 is 0 Å². The van der Waals surface area contributed by atoms with E-state index in [4.69, 9.17) is 5.84 Å². The molecule has 1 amide bonds. The molecule has 1 aliphatic carbocycles. The van der Waals surface area contributed by atoms with Gasteiger partial charge in [0.15, 0.2) is 0 Å². The molecule has 3 N–H and O–H groups in total. The number of nitrogen functional groups attached to an aromatic ring is 1. The molecule has 7 heteroatoms. The summed E-state index contributed by atoms with van der Waals surface area (Å²) < 4.78 is 38.8. The second kappa shape index (κ2) is 5.93. The molecule has 0 aliphatic heterocycles. The molecule has 0 radical (unpaired) electrons. The zero-order valence-electron chi connectivity index (χ0n) is 11.7. The minimum atomic E-state index is -4.56. The Morgan fingerprint density at radius 3 is 2.57 bits per heavy atom. The van der Waals surface area contributed by atoms with Gasteiger partial charge in [-0.2, -0.15) is 13.2 Å². The van der Waals surface area contributed by atoms with Gasteiger partial charge >= 0.3 is 6.18 Å². The van der Waals surface area contributed by atoms with Crippen molar-refractivity contribution < 1.29 is 18.0 Å². The highest BCUT2D eigenvalue weighted by molar-refractivity contribution is 5.94. The Kier molecular flexibility index (Phi) is 4.41. The number of carbonyl (C=O) groups excluding carboxylic acids is 1. The number of nitrogens with two attached hydrogens (primary N) is 1. The molecule has 1 aliphatic rings. The lowest BCUT2D eigenvalue weighted by Gasteiger charge is -2.30. The zero-order chi connectivity index (χ0) is 15.6. The topological polar surface area (TPSA) is 58.4 Å². The van der Waals surface area contributed by atoms with Crippen molar-refractivity contribution in [3.8, 4) is 0 Å². The van der Waals surface area contributed by atoms with Crippen molar-refractivity contribution in [2.45, 2.75) is 25.4 Å². The van der Waals surface area contributed by atoms with Gasteiger partial charge in [-0.25, -0.2) is 0 Å². The van der Waals surface area contributed by atoms with Crippen LogP contribution in [0.1, 0.15) is 35.2 Å². The summed E-state index contributed by atoms with van der Waals surface area (Å²) in [5.41, 5.74) is 0.833. The highest BCUT2D eigenvalue weighted by Crippen LogP contribution is 2.35. The Morgan fingerprint density at radius 1 is 1.43 bits per heavy atom. The van der Waals surface area contributed by atoms with Crippen LogP contribution in [0.2, 0.25) is 0 Å². The minimum absolute atomic E-state index is 0.0168. The first-order valence-electron chi connectivity index (χ1n) is 6.76. The Morgan fingerprint density at radius 2 is 2.10 bits per heavy atom. The molecule has 4 nitrogen and oxygen atoms in total. The quantitative estimate of drug-likeness (QED) is 0.664. The third-order valence-corrected chi connectivity index (χ3v) is 3.83. The van der Waals surface area contributed by atoms with Crippen molar-refractivity contribution in [1.82, 2.24) is 4.90 Å². The molecule has 0 unspecified atom stereocenters. The lowest BCUT2D eigenvalue weighted by molar-refractivity contribution is -0.137. The van der Waals surface area contributed by atoms with Crippen LogP contribution < -0.4 is 11.3 Å². The Labute approximate surface area is 121 Å². The van der Waals surface area contributed by atoms with E-state index in [0.717, 1.165) is 25.3 Å². The summed E-state index contributed by atoms with van der Waals surface area (Å²) in [5.74, 6) is 5.14. The summed E-state index contributed by atoms with van der Waals surface area (Å²) in [5, 5.41) is 0. The fourth-order valence-electron chi connectivity index (χ4n) is 2.40. The minimum Gasteiger partial charge on any atom is -0.341 e. The highest BCUT2D eigenvalue weighted by atomic mass is 19.4. The fraction of sp³-hybridized carbons (Fsp3) is 0.500. The van der Waals surface area contributed by atoms with Gasteiger partial charge in [0.1, 0.15) is 0 Å². The Bertz CT molecular complexity index is 527. The van der Waals surface area contributed by atoms with Gasteiger partial charge in [-0.3, -0.25) is 10.6 Å². The number of anilines is 1. The molecule has 0 aromatic heterocycles. The monoisotopic (exact) mass is 301 g/mol. The molecule has 0 spiro atoms. The van der Waals surface area contributed by atoms with Crippen LogP contribution in [0.4, 0.5) is 18.9 Å². The Balaban J connectivity index is 2.20. The number of hydrogen-bond acceptors (Lipinski definition) is 3. The lowest BCUT2D eigenvalue weighted by Crippen LogP contribution is -2.34. The molecule has 1 fully saturated rings. The van der Waals surface area contributed by atoms with Crippen LogP contribution in [0.3, 0.4) is 0 Å².